The average molecular weight is 241 g/mol. The fourth-order valence-electron chi connectivity index (χ4n) is 2.40. The van der Waals surface area contributed by atoms with E-state index in [-0.39, 0.29) is 18.0 Å². The second kappa shape index (κ2) is 6.97. The maximum Gasteiger partial charge on any atom is 0.237 e. The number of hydrogen-bond donors (Lipinski definition) is 2. The summed E-state index contributed by atoms with van der Waals surface area (Å²) in [5.41, 5.74) is 0. The van der Waals surface area contributed by atoms with E-state index in [0.717, 1.165) is 25.6 Å². The SMILES string of the molecule is CNCC1CCN(C(C)C(=O)NC(C)C)CC1. The summed E-state index contributed by atoms with van der Waals surface area (Å²) in [6.45, 7) is 9.20. The van der Waals surface area contributed by atoms with Crippen molar-refractivity contribution in [3.05, 3.63) is 0 Å². The third-order valence-electron chi connectivity index (χ3n) is 3.50. The van der Waals surface area contributed by atoms with Crippen LogP contribution in [-0.2, 0) is 4.79 Å². The Hall–Kier alpha value is -0.610. The van der Waals surface area contributed by atoms with Crippen LogP contribution >= 0.6 is 0 Å². The number of piperidine rings is 1. The minimum Gasteiger partial charge on any atom is -0.353 e. The van der Waals surface area contributed by atoms with Crippen molar-refractivity contribution in [2.24, 2.45) is 5.92 Å². The molecule has 1 rings (SSSR count). The summed E-state index contributed by atoms with van der Waals surface area (Å²) in [4.78, 5) is 14.2. The summed E-state index contributed by atoms with van der Waals surface area (Å²) in [6, 6.07) is 0.236. The van der Waals surface area contributed by atoms with Gasteiger partial charge >= 0.3 is 0 Å². The van der Waals surface area contributed by atoms with E-state index in [2.05, 4.69) is 15.5 Å². The van der Waals surface area contributed by atoms with Crippen molar-refractivity contribution in [2.75, 3.05) is 26.7 Å². The molecule has 4 nitrogen and oxygen atoms in total. The minimum absolute atomic E-state index is 0.00735. The van der Waals surface area contributed by atoms with Gasteiger partial charge in [-0.25, -0.2) is 0 Å². The van der Waals surface area contributed by atoms with Crippen LogP contribution in [0.3, 0.4) is 0 Å². The molecular weight excluding hydrogens is 214 g/mol. The summed E-state index contributed by atoms with van der Waals surface area (Å²) < 4.78 is 0. The van der Waals surface area contributed by atoms with Gasteiger partial charge in [-0.2, -0.15) is 0 Å². The molecule has 0 bridgehead atoms. The first-order chi connectivity index (χ1) is 8.04. The van der Waals surface area contributed by atoms with Crippen LogP contribution in [0.1, 0.15) is 33.6 Å². The molecule has 1 aliphatic heterocycles. The van der Waals surface area contributed by atoms with E-state index in [0.29, 0.717) is 0 Å². The van der Waals surface area contributed by atoms with E-state index in [4.69, 9.17) is 0 Å². The Labute approximate surface area is 105 Å². The molecule has 1 atom stereocenters. The molecule has 17 heavy (non-hydrogen) atoms. The van der Waals surface area contributed by atoms with Gasteiger partial charge in [0.2, 0.25) is 5.91 Å². The lowest BCUT2D eigenvalue weighted by Gasteiger charge is -2.35. The van der Waals surface area contributed by atoms with E-state index in [1.165, 1.54) is 12.8 Å². The molecule has 1 unspecified atom stereocenters. The van der Waals surface area contributed by atoms with Gasteiger partial charge in [0.05, 0.1) is 6.04 Å². The van der Waals surface area contributed by atoms with Crippen LogP contribution in [0, 0.1) is 5.92 Å². The summed E-state index contributed by atoms with van der Waals surface area (Å²) in [7, 11) is 2.01. The van der Waals surface area contributed by atoms with Crippen LogP contribution in [0.4, 0.5) is 0 Å². The lowest BCUT2D eigenvalue weighted by atomic mass is 9.96. The normalized spacial score (nSPS) is 20.5. The first kappa shape index (κ1) is 14.5. The highest BCUT2D eigenvalue weighted by Crippen LogP contribution is 2.18. The number of likely N-dealkylation sites (tertiary alicyclic amines) is 1. The minimum atomic E-state index is 0.00735. The van der Waals surface area contributed by atoms with Crippen LogP contribution in [0.25, 0.3) is 0 Å². The van der Waals surface area contributed by atoms with Crippen molar-refractivity contribution in [3.8, 4) is 0 Å². The number of amides is 1. The predicted octanol–water partition coefficient (Wildman–Crippen LogP) is 0.831. The monoisotopic (exact) mass is 241 g/mol. The van der Waals surface area contributed by atoms with Crippen molar-refractivity contribution in [2.45, 2.75) is 45.7 Å². The van der Waals surface area contributed by atoms with E-state index in [9.17, 15) is 4.79 Å². The summed E-state index contributed by atoms with van der Waals surface area (Å²) >= 11 is 0. The van der Waals surface area contributed by atoms with Crippen molar-refractivity contribution in [1.82, 2.24) is 15.5 Å². The summed E-state index contributed by atoms with van der Waals surface area (Å²) in [5, 5.41) is 6.22. The van der Waals surface area contributed by atoms with Crippen LogP contribution in [0.5, 0.6) is 0 Å². The summed E-state index contributed by atoms with van der Waals surface area (Å²) in [6.07, 6.45) is 2.39. The van der Waals surface area contributed by atoms with Gasteiger partial charge in [0, 0.05) is 6.04 Å². The predicted molar refractivity (Wildman–Crippen MR) is 71.0 cm³/mol. The third kappa shape index (κ3) is 4.64. The topological polar surface area (TPSA) is 44.4 Å². The Morgan fingerprint density at radius 3 is 2.35 bits per heavy atom. The molecule has 100 valence electrons. The zero-order valence-electron chi connectivity index (χ0n) is 11.6. The van der Waals surface area contributed by atoms with Crippen molar-refractivity contribution < 1.29 is 4.79 Å². The van der Waals surface area contributed by atoms with E-state index in [1.807, 2.05) is 27.8 Å². The molecule has 1 amide bonds. The molecule has 1 aliphatic rings. The third-order valence-corrected chi connectivity index (χ3v) is 3.50. The van der Waals surface area contributed by atoms with Gasteiger partial charge in [0.15, 0.2) is 0 Å². The van der Waals surface area contributed by atoms with Gasteiger partial charge in [-0.1, -0.05) is 0 Å². The first-order valence-corrected chi connectivity index (χ1v) is 6.73. The number of carbonyl (C=O) groups excluding carboxylic acids is 1. The molecule has 0 aromatic carbocycles. The quantitative estimate of drug-likeness (QED) is 0.749. The Kier molecular flexibility index (Phi) is 5.92. The highest BCUT2D eigenvalue weighted by molar-refractivity contribution is 5.81. The number of nitrogens with one attached hydrogen (secondary N) is 2. The fourth-order valence-corrected chi connectivity index (χ4v) is 2.40. The Bertz CT molecular complexity index is 235. The van der Waals surface area contributed by atoms with Gasteiger partial charge in [-0.3, -0.25) is 9.69 Å². The van der Waals surface area contributed by atoms with Gasteiger partial charge in [-0.15, -0.1) is 0 Å². The van der Waals surface area contributed by atoms with Crippen LogP contribution in [-0.4, -0.2) is 49.6 Å². The largest absolute Gasteiger partial charge is 0.353 e. The van der Waals surface area contributed by atoms with E-state index >= 15 is 0 Å². The molecule has 0 aromatic heterocycles. The lowest BCUT2D eigenvalue weighted by Crippen LogP contribution is -2.50. The van der Waals surface area contributed by atoms with E-state index < -0.39 is 0 Å². The van der Waals surface area contributed by atoms with Crippen molar-refractivity contribution in [3.63, 3.8) is 0 Å². The number of rotatable bonds is 5. The average Bonchev–Trinajstić information content (AvgIpc) is 2.28. The standard InChI is InChI=1S/C13H27N3O/c1-10(2)15-13(17)11(3)16-7-5-12(6-8-16)9-14-4/h10-12,14H,5-9H2,1-4H3,(H,15,17). The maximum atomic E-state index is 11.9. The lowest BCUT2D eigenvalue weighted by molar-refractivity contribution is -0.126. The van der Waals surface area contributed by atoms with Gasteiger partial charge in [0.1, 0.15) is 0 Å². The molecule has 1 heterocycles. The van der Waals surface area contributed by atoms with Crippen LogP contribution < -0.4 is 10.6 Å². The molecule has 2 N–H and O–H groups in total. The molecular formula is C13H27N3O. The molecule has 1 fully saturated rings. The number of nitrogens with zero attached hydrogens (tertiary/aromatic N) is 1. The van der Waals surface area contributed by atoms with Gasteiger partial charge in [0.25, 0.3) is 0 Å². The Morgan fingerprint density at radius 1 is 1.29 bits per heavy atom. The molecule has 0 aliphatic carbocycles. The molecule has 0 spiro atoms. The maximum absolute atomic E-state index is 11.9. The van der Waals surface area contributed by atoms with Gasteiger partial charge < -0.3 is 10.6 Å². The second-order valence-electron chi connectivity index (χ2n) is 5.38. The van der Waals surface area contributed by atoms with Gasteiger partial charge in [-0.05, 0) is 66.2 Å². The highest BCUT2D eigenvalue weighted by atomic mass is 16.2. The molecule has 1 saturated heterocycles. The molecule has 4 heteroatoms. The molecule has 0 saturated carbocycles. The zero-order chi connectivity index (χ0) is 12.8. The second-order valence-corrected chi connectivity index (χ2v) is 5.38. The number of hydrogen-bond acceptors (Lipinski definition) is 3. The molecule has 0 aromatic rings. The molecule has 0 radical (unpaired) electrons. The summed E-state index contributed by atoms with van der Waals surface area (Å²) in [5.74, 6) is 0.934. The smallest absolute Gasteiger partial charge is 0.237 e. The van der Waals surface area contributed by atoms with Crippen LogP contribution in [0.15, 0.2) is 0 Å². The van der Waals surface area contributed by atoms with E-state index in [1.54, 1.807) is 0 Å². The Balaban J connectivity index is 2.35. The fraction of sp³-hybridized carbons (Fsp3) is 0.923. The first-order valence-electron chi connectivity index (χ1n) is 6.73. The van der Waals surface area contributed by atoms with Crippen LogP contribution in [0.2, 0.25) is 0 Å². The van der Waals surface area contributed by atoms with Crippen molar-refractivity contribution >= 4 is 5.91 Å². The highest BCUT2D eigenvalue weighted by Gasteiger charge is 2.26. The Morgan fingerprint density at radius 2 is 1.88 bits per heavy atom. The zero-order valence-corrected chi connectivity index (χ0v) is 11.6. The van der Waals surface area contributed by atoms with Crippen molar-refractivity contribution in [1.29, 1.82) is 0 Å². The number of carbonyl (C=O) groups is 1.